The van der Waals surface area contributed by atoms with Crippen LogP contribution in [-0.4, -0.2) is 11.8 Å². The van der Waals surface area contributed by atoms with Crippen molar-refractivity contribution in [3.05, 3.63) is 28.2 Å². The minimum atomic E-state index is -0.416. The van der Waals surface area contributed by atoms with Crippen LogP contribution in [0.1, 0.15) is 47.0 Å². The highest BCUT2D eigenvalue weighted by atomic mass is 32.1. The zero-order chi connectivity index (χ0) is 16.1. The fourth-order valence-corrected chi connectivity index (χ4v) is 5.81. The lowest BCUT2D eigenvalue weighted by Gasteiger charge is -2.18. The molecule has 4 nitrogen and oxygen atoms in total. The fraction of sp³-hybridized carbons (Fsp3) is 0.556. The number of carbonyl (C=O) groups excluding carboxylic acids is 2. The van der Waals surface area contributed by atoms with Gasteiger partial charge < -0.3 is 11.1 Å². The molecule has 0 saturated heterocycles. The summed E-state index contributed by atoms with van der Waals surface area (Å²) in [5.74, 6) is 1.23. The van der Waals surface area contributed by atoms with Crippen LogP contribution in [0, 0.1) is 23.7 Å². The molecule has 5 heteroatoms. The first-order valence-electron chi connectivity index (χ1n) is 8.46. The van der Waals surface area contributed by atoms with Gasteiger partial charge in [0.2, 0.25) is 5.91 Å². The van der Waals surface area contributed by atoms with E-state index in [0.29, 0.717) is 28.3 Å². The Labute approximate surface area is 140 Å². The molecule has 2 amide bonds. The number of carbonyl (C=O) groups is 2. The molecular formula is C18H22N2O2S. The summed E-state index contributed by atoms with van der Waals surface area (Å²) in [6.07, 6.45) is 9.38. The van der Waals surface area contributed by atoms with E-state index in [-0.39, 0.29) is 11.8 Å². The number of fused-ring (bicyclic) bond motifs is 3. The van der Waals surface area contributed by atoms with Crippen LogP contribution in [0.4, 0.5) is 5.00 Å². The molecule has 1 aromatic heterocycles. The Kier molecular flexibility index (Phi) is 3.56. The number of hydrogen-bond donors (Lipinski definition) is 2. The molecule has 0 radical (unpaired) electrons. The maximum absolute atomic E-state index is 12.7. The van der Waals surface area contributed by atoms with E-state index in [9.17, 15) is 9.59 Å². The quantitative estimate of drug-likeness (QED) is 0.836. The largest absolute Gasteiger partial charge is 0.365 e. The van der Waals surface area contributed by atoms with Crippen molar-refractivity contribution in [1.82, 2.24) is 0 Å². The van der Waals surface area contributed by atoms with E-state index in [0.717, 1.165) is 37.7 Å². The SMILES string of the molecule is CC1CCc2c(sc(NC(=O)C3CC4C=CC3C4)c2C(N)=O)C1. The molecule has 4 unspecified atom stereocenters. The molecule has 0 spiro atoms. The van der Waals surface area contributed by atoms with Crippen molar-refractivity contribution >= 4 is 28.2 Å². The Morgan fingerprint density at radius 2 is 2.13 bits per heavy atom. The number of allylic oxidation sites excluding steroid dienone is 2. The zero-order valence-electron chi connectivity index (χ0n) is 13.3. The molecule has 122 valence electrons. The normalized spacial score (nSPS) is 31.2. The summed E-state index contributed by atoms with van der Waals surface area (Å²) in [6.45, 7) is 2.23. The highest BCUT2D eigenvalue weighted by Crippen LogP contribution is 2.45. The predicted molar refractivity (Wildman–Crippen MR) is 91.5 cm³/mol. The summed E-state index contributed by atoms with van der Waals surface area (Å²) in [5.41, 5.74) is 7.24. The lowest BCUT2D eigenvalue weighted by Crippen LogP contribution is -2.27. The van der Waals surface area contributed by atoms with Gasteiger partial charge in [-0.15, -0.1) is 11.3 Å². The summed E-state index contributed by atoms with van der Waals surface area (Å²) < 4.78 is 0. The Morgan fingerprint density at radius 3 is 2.78 bits per heavy atom. The van der Waals surface area contributed by atoms with Crippen LogP contribution in [0.3, 0.4) is 0 Å². The van der Waals surface area contributed by atoms with E-state index in [1.807, 2.05) is 0 Å². The van der Waals surface area contributed by atoms with Gasteiger partial charge in [-0.2, -0.15) is 0 Å². The second-order valence-electron chi connectivity index (χ2n) is 7.30. The number of thiophene rings is 1. The van der Waals surface area contributed by atoms with Gasteiger partial charge in [0.05, 0.1) is 5.56 Å². The number of nitrogens with two attached hydrogens (primary N) is 1. The monoisotopic (exact) mass is 330 g/mol. The van der Waals surface area contributed by atoms with Crippen LogP contribution < -0.4 is 11.1 Å². The Morgan fingerprint density at radius 1 is 1.30 bits per heavy atom. The first kappa shape index (κ1) is 14.9. The molecule has 1 aromatic rings. The van der Waals surface area contributed by atoms with Crippen LogP contribution in [0.15, 0.2) is 12.2 Å². The molecule has 0 aliphatic heterocycles. The second-order valence-corrected chi connectivity index (χ2v) is 8.40. The third-order valence-electron chi connectivity index (χ3n) is 5.61. The van der Waals surface area contributed by atoms with Gasteiger partial charge in [-0.05, 0) is 55.4 Å². The topological polar surface area (TPSA) is 72.2 Å². The number of hydrogen-bond acceptors (Lipinski definition) is 3. The van der Waals surface area contributed by atoms with E-state index in [1.165, 1.54) is 4.88 Å². The minimum Gasteiger partial charge on any atom is -0.365 e. The van der Waals surface area contributed by atoms with Crippen molar-refractivity contribution in [2.75, 3.05) is 5.32 Å². The number of amides is 2. The maximum atomic E-state index is 12.7. The van der Waals surface area contributed by atoms with Crippen molar-refractivity contribution in [2.24, 2.45) is 29.4 Å². The average molecular weight is 330 g/mol. The first-order chi connectivity index (χ1) is 11.0. The van der Waals surface area contributed by atoms with E-state index in [1.54, 1.807) is 11.3 Å². The third kappa shape index (κ3) is 2.51. The van der Waals surface area contributed by atoms with Gasteiger partial charge in [0.25, 0.3) is 5.91 Å². The Hall–Kier alpha value is -1.62. The Bertz CT molecular complexity index is 706. The molecule has 0 aromatic carbocycles. The van der Waals surface area contributed by atoms with E-state index < -0.39 is 5.91 Å². The van der Waals surface area contributed by atoms with Crippen LogP contribution in [-0.2, 0) is 17.6 Å². The standard InChI is InChI=1S/C18H22N2O2S/c1-9-2-5-12-14(6-9)23-18(15(12)16(19)21)20-17(22)13-8-10-3-4-11(13)7-10/h3-4,9-11,13H,2,5-8H2,1H3,(H2,19,21)(H,20,22). The molecule has 3 aliphatic carbocycles. The highest BCUT2D eigenvalue weighted by molar-refractivity contribution is 7.17. The number of anilines is 1. The fourth-order valence-electron chi connectivity index (χ4n) is 4.39. The average Bonchev–Trinajstić information content (AvgIpc) is 3.18. The van der Waals surface area contributed by atoms with Crippen molar-refractivity contribution in [2.45, 2.75) is 39.0 Å². The van der Waals surface area contributed by atoms with Gasteiger partial charge in [-0.25, -0.2) is 0 Å². The summed E-state index contributed by atoms with van der Waals surface area (Å²) in [4.78, 5) is 25.8. The molecule has 1 saturated carbocycles. The molecule has 3 aliphatic rings. The van der Waals surface area contributed by atoms with Crippen molar-refractivity contribution in [3.8, 4) is 0 Å². The molecular weight excluding hydrogens is 308 g/mol. The van der Waals surface area contributed by atoms with Gasteiger partial charge in [-0.3, -0.25) is 9.59 Å². The van der Waals surface area contributed by atoms with Gasteiger partial charge in [-0.1, -0.05) is 19.1 Å². The smallest absolute Gasteiger partial charge is 0.251 e. The van der Waals surface area contributed by atoms with Gasteiger partial charge in [0.15, 0.2) is 0 Å². The number of nitrogens with one attached hydrogen (secondary N) is 1. The summed E-state index contributed by atoms with van der Waals surface area (Å²) in [6, 6.07) is 0. The lowest BCUT2D eigenvalue weighted by atomic mass is 9.88. The van der Waals surface area contributed by atoms with E-state index in [4.69, 9.17) is 5.73 Å². The van der Waals surface area contributed by atoms with Crippen LogP contribution in [0.2, 0.25) is 0 Å². The molecule has 1 heterocycles. The zero-order valence-corrected chi connectivity index (χ0v) is 14.1. The minimum absolute atomic E-state index is 0.0452. The summed E-state index contributed by atoms with van der Waals surface area (Å²) in [7, 11) is 0. The Balaban J connectivity index is 1.60. The second kappa shape index (κ2) is 5.48. The van der Waals surface area contributed by atoms with E-state index >= 15 is 0 Å². The van der Waals surface area contributed by atoms with Crippen molar-refractivity contribution in [1.29, 1.82) is 0 Å². The third-order valence-corrected chi connectivity index (χ3v) is 6.78. The molecule has 3 N–H and O–H groups in total. The number of rotatable bonds is 3. The van der Waals surface area contributed by atoms with Gasteiger partial charge in [0.1, 0.15) is 5.00 Å². The van der Waals surface area contributed by atoms with Gasteiger partial charge >= 0.3 is 0 Å². The highest BCUT2D eigenvalue weighted by Gasteiger charge is 2.40. The van der Waals surface area contributed by atoms with Crippen molar-refractivity contribution < 1.29 is 9.59 Å². The molecule has 4 rings (SSSR count). The van der Waals surface area contributed by atoms with Crippen molar-refractivity contribution in [3.63, 3.8) is 0 Å². The lowest BCUT2D eigenvalue weighted by molar-refractivity contribution is -0.120. The van der Waals surface area contributed by atoms with E-state index in [2.05, 4.69) is 24.4 Å². The predicted octanol–water partition coefficient (Wildman–Crippen LogP) is 3.12. The first-order valence-corrected chi connectivity index (χ1v) is 9.28. The molecule has 4 atom stereocenters. The summed E-state index contributed by atoms with van der Waals surface area (Å²) in [5, 5.41) is 3.71. The summed E-state index contributed by atoms with van der Waals surface area (Å²) >= 11 is 1.55. The molecule has 2 bridgehead atoms. The van der Waals surface area contributed by atoms with Crippen LogP contribution >= 0.6 is 11.3 Å². The molecule has 23 heavy (non-hydrogen) atoms. The molecule has 1 fully saturated rings. The van der Waals surface area contributed by atoms with Crippen LogP contribution in [0.5, 0.6) is 0 Å². The maximum Gasteiger partial charge on any atom is 0.251 e. The van der Waals surface area contributed by atoms with Gasteiger partial charge in [0, 0.05) is 10.8 Å². The number of primary amides is 1. The van der Waals surface area contributed by atoms with Crippen LogP contribution in [0.25, 0.3) is 0 Å².